The van der Waals surface area contributed by atoms with Gasteiger partial charge in [-0.2, -0.15) is 0 Å². The molecule has 0 saturated carbocycles. The lowest BCUT2D eigenvalue weighted by Crippen LogP contribution is -2.26. The molecule has 196 valence electrons. The molecule has 1 N–H and O–H groups in total. The van der Waals surface area contributed by atoms with E-state index in [-0.39, 0.29) is 12.0 Å². The number of rotatable bonds is 12. The molecule has 0 bridgehead atoms. The predicted octanol–water partition coefficient (Wildman–Crippen LogP) is 8.31. The average molecular weight is 499 g/mol. The first-order valence-corrected chi connectivity index (χ1v) is 13.5. The average Bonchev–Trinajstić information content (AvgIpc) is 2.93. The van der Waals surface area contributed by atoms with Crippen LogP contribution in [0.4, 0.5) is 0 Å². The highest BCUT2D eigenvalue weighted by Gasteiger charge is 2.31. The Hall–Kier alpha value is -3.17. The molecule has 0 spiro atoms. The van der Waals surface area contributed by atoms with Crippen LogP contribution in [0.15, 0.2) is 66.7 Å². The molecule has 0 radical (unpaired) electrons. The van der Waals surface area contributed by atoms with E-state index in [1.54, 1.807) is 0 Å². The standard InChI is InChI=1S/C34H42O3/c1-7-33(36,8-2)20-19-27-13-18-32(21-26(27)6)34(9-3,10-4)31-16-14-28(15-17-31)29-12-11-25(5)30(22-29)23-37-24-35/h11-22,24,36H,7-10,23H2,1-6H3/b20-19+. The molecule has 0 unspecified atom stereocenters. The number of benzene rings is 3. The van der Waals surface area contributed by atoms with E-state index in [4.69, 9.17) is 4.74 Å². The van der Waals surface area contributed by atoms with Crippen molar-refractivity contribution < 1.29 is 14.6 Å². The number of carbonyl (C=O) groups excluding carboxylic acids is 1. The summed E-state index contributed by atoms with van der Waals surface area (Å²) in [5.41, 5.74) is 8.58. The van der Waals surface area contributed by atoms with Crippen LogP contribution < -0.4 is 0 Å². The van der Waals surface area contributed by atoms with Gasteiger partial charge in [-0.15, -0.1) is 0 Å². The molecule has 0 saturated heterocycles. The zero-order valence-electron chi connectivity index (χ0n) is 23.3. The van der Waals surface area contributed by atoms with Gasteiger partial charge in [0.15, 0.2) is 0 Å². The van der Waals surface area contributed by atoms with Crippen molar-refractivity contribution in [2.24, 2.45) is 0 Å². The normalized spacial score (nSPS) is 12.2. The van der Waals surface area contributed by atoms with Crippen LogP contribution in [-0.2, 0) is 21.6 Å². The molecule has 0 heterocycles. The van der Waals surface area contributed by atoms with Gasteiger partial charge in [-0.3, -0.25) is 4.79 Å². The first-order valence-electron chi connectivity index (χ1n) is 13.5. The first-order chi connectivity index (χ1) is 17.8. The van der Waals surface area contributed by atoms with Crippen LogP contribution in [0, 0.1) is 13.8 Å². The van der Waals surface area contributed by atoms with Gasteiger partial charge in [-0.1, -0.05) is 94.4 Å². The van der Waals surface area contributed by atoms with Gasteiger partial charge in [0, 0.05) is 5.41 Å². The molecule has 0 atom stereocenters. The zero-order chi connectivity index (χ0) is 27.1. The van der Waals surface area contributed by atoms with Crippen LogP contribution in [0.1, 0.15) is 86.8 Å². The Labute approximate surface area is 223 Å². The van der Waals surface area contributed by atoms with Crippen molar-refractivity contribution in [2.75, 3.05) is 0 Å². The molecule has 3 aromatic rings. The summed E-state index contributed by atoms with van der Waals surface area (Å²) in [5, 5.41) is 10.7. The Balaban J connectivity index is 1.94. The van der Waals surface area contributed by atoms with E-state index in [1.807, 2.05) is 26.8 Å². The molecule has 3 heteroatoms. The number of aliphatic hydroxyl groups is 1. The minimum absolute atomic E-state index is 0.0741. The maximum absolute atomic E-state index is 10.7. The molecule has 0 fully saturated rings. The van der Waals surface area contributed by atoms with Crippen LogP contribution in [-0.4, -0.2) is 17.2 Å². The highest BCUT2D eigenvalue weighted by molar-refractivity contribution is 5.66. The van der Waals surface area contributed by atoms with Crippen molar-refractivity contribution >= 4 is 12.5 Å². The smallest absolute Gasteiger partial charge is 0.293 e. The van der Waals surface area contributed by atoms with Crippen molar-refractivity contribution in [2.45, 2.75) is 84.8 Å². The van der Waals surface area contributed by atoms with Gasteiger partial charge < -0.3 is 9.84 Å². The Morgan fingerprint density at radius 3 is 1.95 bits per heavy atom. The molecule has 0 aliphatic carbocycles. The van der Waals surface area contributed by atoms with Crippen molar-refractivity contribution in [1.29, 1.82) is 0 Å². The third-order valence-electron chi connectivity index (χ3n) is 8.25. The Morgan fingerprint density at radius 2 is 1.38 bits per heavy atom. The summed E-state index contributed by atoms with van der Waals surface area (Å²) < 4.78 is 5.00. The number of aryl methyl sites for hydroxylation is 2. The van der Waals surface area contributed by atoms with Gasteiger partial charge in [-0.05, 0) is 90.1 Å². The van der Waals surface area contributed by atoms with Gasteiger partial charge in [-0.25, -0.2) is 0 Å². The molecule has 37 heavy (non-hydrogen) atoms. The number of hydrogen-bond donors (Lipinski definition) is 1. The molecule has 3 rings (SSSR count). The highest BCUT2D eigenvalue weighted by Crippen LogP contribution is 2.40. The van der Waals surface area contributed by atoms with E-state index in [2.05, 4.69) is 87.5 Å². The summed E-state index contributed by atoms with van der Waals surface area (Å²) in [5.74, 6) is 0. The quantitative estimate of drug-likeness (QED) is 0.255. The molecule has 0 aliphatic rings. The number of hydrogen-bond acceptors (Lipinski definition) is 3. The maximum Gasteiger partial charge on any atom is 0.293 e. The van der Waals surface area contributed by atoms with Crippen LogP contribution in [0.3, 0.4) is 0 Å². The van der Waals surface area contributed by atoms with Gasteiger partial charge in [0.05, 0.1) is 5.60 Å². The van der Waals surface area contributed by atoms with Crippen molar-refractivity contribution in [3.63, 3.8) is 0 Å². The molecule has 0 amide bonds. The van der Waals surface area contributed by atoms with Crippen LogP contribution in [0.2, 0.25) is 0 Å². The van der Waals surface area contributed by atoms with E-state index in [0.29, 0.717) is 19.3 Å². The Kier molecular flexibility index (Phi) is 9.50. The van der Waals surface area contributed by atoms with Crippen LogP contribution >= 0.6 is 0 Å². The van der Waals surface area contributed by atoms with Crippen molar-refractivity contribution in [3.05, 3.63) is 100 Å². The van der Waals surface area contributed by atoms with E-state index in [9.17, 15) is 9.90 Å². The third kappa shape index (κ3) is 6.22. The summed E-state index contributed by atoms with van der Waals surface area (Å²) in [6, 6.07) is 22.0. The summed E-state index contributed by atoms with van der Waals surface area (Å²) >= 11 is 0. The number of ether oxygens (including phenoxy) is 1. The topological polar surface area (TPSA) is 46.5 Å². The monoisotopic (exact) mass is 498 g/mol. The van der Waals surface area contributed by atoms with Crippen molar-refractivity contribution in [1.82, 2.24) is 0 Å². The maximum atomic E-state index is 10.7. The van der Waals surface area contributed by atoms with E-state index in [1.165, 1.54) is 16.7 Å². The largest absolute Gasteiger partial charge is 0.463 e. The third-order valence-corrected chi connectivity index (χ3v) is 8.25. The summed E-state index contributed by atoms with van der Waals surface area (Å²) in [4.78, 5) is 10.7. The van der Waals surface area contributed by atoms with Gasteiger partial charge in [0.2, 0.25) is 0 Å². The van der Waals surface area contributed by atoms with E-state index in [0.717, 1.165) is 40.7 Å². The van der Waals surface area contributed by atoms with E-state index >= 15 is 0 Å². The van der Waals surface area contributed by atoms with Crippen molar-refractivity contribution in [3.8, 4) is 11.1 Å². The minimum atomic E-state index is -0.747. The fourth-order valence-electron chi connectivity index (χ4n) is 5.24. The second-order valence-corrected chi connectivity index (χ2v) is 10.1. The zero-order valence-corrected chi connectivity index (χ0v) is 23.3. The summed E-state index contributed by atoms with van der Waals surface area (Å²) in [6.07, 6.45) is 7.43. The second kappa shape index (κ2) is 12.4. The van der Waals surface area contributed by atoms with Gasteiger partial charge in [0.1, 0.15) is 6.61 Å². The van der Waals surface area contributed by atoms with Gasteiger partial charge >= 0.3 is 0 Å². The second-order valence-electron chi connectivity index (χ2n) is 10.1. The number of carbonyl (C=O) groups is 1. The summed E-state index contributed by atoms with van der Waals surface area (Å²) in [7, 11) is 0. The molecular weight excluding hydrogens is 456 g/mol. The Bertz CT molecular complexity index is 1210. The van der Waals surface area contributed by atoms with E-state index < -0.39 is 5.60 Å². The fraction of sp³-hybridized carbons (Fsp3) is 0.382. The molecule has 3 aromatic carbocycles. The minimum Gasteiger partial charge on any atom is -0.463 e. The Morgan fingerprint density at radius 1 is 0.757 bits per heavy atom. The lowest BCUT2D eigenvalue weighted by atomic mass is 9.70. The summed E-state index contributed by atoms with van der Waals surface area (Å²) in [6.45, 7) is 13.5. The molecule has 0 aliphatic heterocycles. The lowest BCUT2D eigenvalue weighted by molar-refractivity contribution is -0.129. The molecule has 0 aromatic heterocycles. The fourth-order valence-corrected chi connectivity index (χ4v) is 5.24. The van der Waals surface area contributed by atoms with Crippen LogP contribution in [0.25, 0.3) is 17.2 Å². The van der Waals surface area contributed by atoms with Gasteiger partial charge in [0.25, 0.3) is 6.47 Å². The SMILES string of the molecule is CCC(O)(/C=C/c1ccc(C(CC)(CC)c2ccc(-c3ccc(C)c(COC=O)c3)cc2)cc1C)CC. The first kappa shape index (κ1) is 28.4. The molecule has 3 nitrogen and oxygen atoms in total. The van der Waals surface area contributed by atoms with Crippen LogP contribution in [0.5, 0.6) is 0 Å². The highest BCUT2D eigenvalue weighted by atomic mass is 16.5. The lowest BCUT2D eigenvalue weighted by Gasteiger charge is -2.34. The predicted molar refractivity (Wildman–Crippen MR) is 155 cm³/mol. The molecular formula is C34H42O3.